The van der Waals surface area contributed by atoms with E-state index in [2.05, 4.69) is 22.9 Å². The molecule has 166 valence electrons. The number of benzene rings is 2. The van der Waals surface area contributed by atoms with E-state index in [1.807, 2.05) is 36.4 Å². The van der Waals surface area contributed by atoms with Gasteiger partial charge in [0.2, 0.25) is 0 Å². The van der Waals surface area contributed by atoms with Gasteiger partial charge in [-0.3, -0.25) is 9.59 Å². The van der Waals surface area contributed by atoms with Crippen LogP contribution in [-0.4, -0.2) is 16.1 Å². The van der Waals surface area contributed by atoms with Gasteiger partial charge in [0.15, 0.2) is 11.6 Å². The number of fused-ring (bicyclic) bond motifs is 1. The zero-order valence-corrected chi connectivity index (χ0v) is 19.0. The molecule has 0 spiro atoms. The SMILES string of the molecule is O=C1CCCC2=C1C(c1cn(Cc3ccccc3Cl)c3ccccc13)C1=C(CCCC1=O)O2. The number of hydrogen-bond donors (Lipinski definition) is 0. The van der Waals surface area contributed by atoms with Gasteiger partial charge >= 0.3 is 0 Å². The second-order valence-electron chi connectivity index (χ2n) is 9.08. The first kappa shape index (κ1) is 20.5. The van der Waals surface area contributed by atoms with Crippen LogP contribution < -0.4 is 0 Å². The van der Waals surface area contributed by atoms with E-state index in [0.29, 0.717) is 30.5 Å². The molecule has 0 fully saturated rings. The van der Waals surface area contributed by atoms with Crippen molar-refractivity contribution in [1.29, 1.82) is 0 Å². The summed E-state index contributed by atoms with van der Waals surface area (Å²) in [5.74, 6) is 1.39. The zero-order chi connectivity index (χ0) is 22.5. The van der Waals surface area contributed by atoms with Crippen LogP contribution in [0.5, 0.6) is 0 Å². The number of carbonyl (C=O) groups excluding carboxylic acids is 2. The first-order valence-corrected chi connectivity index (χ1v) is 12.0. The highest BCUT2D eigenvalue weighted by Crippen LogP contribution is 2.49. The topological polar surface area (TPSA) is 48.3 Å². The number of carbonyl (C=O) groups is 2. The second-order valence-corrected chi connectivity index (χ2v) is 9.49. The van der Waals surface area contributed by atoms with E-state index in [0.717, 1.165) is 64.3 Å². The Balaban J connectivity index is 1.57. The van der Waals surface area contributed by atoms with Gasteiger partial charge in [0, 0.05) is 71.4 Å². The van der Waals surface area contributed by atoms with Crippen molar-refractivity contribution in [3.8, 4) is 0 Å². The number of para-hydroxylation sites is 1. The quantitative estimate of drug-likeness (QED) is 0.452. The average Bonchev–Trinajstić information content (AvgIpc) is 3.18. The van der Waals surface area contributed by atoms with Crippen LogP contribution in [0.4, 0.5) is 0 Å². The number of halogens is 1. The van der Waals surface area contributed by atoms with Gasteiger partial charge in [-0.25, -0.2) is 0 Å². The first-order valence-electron chi connectivity index (χ1n) is 11.6. The predicted octanol–water partition coefficient (Wildman–Crippen LogP) is 6.47. The lowest BCUT2D eigenvalue weighted by molar-refractivity contribution is -0.117. The van der Waals surface area contributed by atoms with Gasteiger partial charge in [-0.2, -0.15) is 0 Å². The summed E-state index contributed by atoms with van der Waals surface area (Å²) in [6.45, 7) is 0.614. The van der Waals surface area contributed by atoms with Crippen LogP contribution in [0.2, 0.25) is 5.02 Å². The molecule has 33 heavy (non-hydrogen) atoms. The van der Waals surface area contributed by atoms with E-state index in [1.165, 1.54) is 0 Å². The number of ether oxygens (including phenoxy) is 1. The molecular weight excluding hydrogens is 434 g/mol. The summed E-state index contributed by atoms with van der Waals surface area (Å²) >= 11 is 6.47. The number of allylic oxidation sites excluding steroid dienone is 4. The summed E-state index contributed by atoms with van der Waals surface area (Å²) < 4.78 is 8.39. The highest BCUT2D eigenvalue weighted by molar-refractivity contribution is 6.31. The van der Waals surface area contributed by atoms with E-state index >= 15 is 0 Å². The molecule has 2 aromatic carbocycles. The van der Waals surface area contributed by atoms with Crippen LogP contribution >= 0.6 is 11.6 Å². The summed E-state index contributed by atoms with van der Waals surface area (Å²) in [6, 6.07) is 16.1. The first-order chi connectivity index (χ1) is 16.1. The van der Waals surface area contributed by atoms with Gasteiger partial charge in [-0.1, -0.05) is 48.0 Å². The molecule has 2 aliphatic carbocycles. The largest absolute Gasteiger partial charge is 0.465 e. The van der Waals surface area contributed by atoms with Crippen molar-refractivity contribution in [2.75, 3.05) is 0 Å². The van der Waals surface area contributed by atoms with Gasteiger partial charge in [0.1, 0.15) is 11.5 Å². The molecule has 6 rings (SSSR count). The molecule has 1 aromatic heterocycles. The van der Waals surface area contributed by atoms with Crippen LogP contribution in [0, 0.1) is 0 Å². The van der Waals surface area contributed by atoms with Gasteiger partial charge in [0.25, 0.3) is 0 Å². The summed E-state index contributed by atoms with van der Waals surface area (Å²) in [7, 11) is 0. The highest BCUT2D eigenvalue weighted by atomic mass is 35.5. The smallest absolute Gasteiger partial charge is 0.163 e. The third-order valence-corrected chi connectivity index (χ3v) is 7.44. The Bertz CT molecular complexity index is 1330. The number of hydrogen-bond acceptors (Lipinski definition) is 3. The lowest BCUT2D eigenvalue weighted by Gasteiger charge is -2.35. The zero-order valence-electron chi connectivity index (χ0n) is 18.3. The molecule has 3 aromatic rings. The number of rotatable bonds is 3. The Labute approximate surface area is 197 Å². The monoisotopic (exact) mass is 457 g/mol. The average molecular weight is 458 g/mol. The molecule has 0 amide bonds. The molecule has 1 aliphatic heterocycles. The Hall–Kier alpha value is -3.11. The molecule has 0 unspecified atom stereocenters. The summed E-state index contributed by atoms with van der Waals surface area (Å²) in [4.78, 5) is 26.4. The lowest BCUT2D eigenvalue weighted by Crippen LogP contribution is -2.30. The van der Waals surface area contributed by atoms with E-state index in [9.17, 15) is 9.59 Å². The molecule has 0 radical (unpaired) electrons. The van der Waals surface area contributed by atoms with Crippen molar-refractivity contribution in [2.45, 2.75) is 51.0 Å². The number of nitrogens with zero attached hydrogens (tertiary/aromatic N) is 1. The van der Waals surface area contributed by atoms with Crippen LogP contribution in [0.25, 0.3) is 10.9 Å². The third kappa shape index (κ3) is 3.36. The maximum Gasteiger partial charge on any atom is 0.163 e. The van der Waals surface area contributed by atoms with Crippen LogP contribution in [0.1, 0.15) is 55.6 Å². The summed E-state index contributed by atoms with van der Waals surface area (Å²) in [5, 5.41) is 1.79. The van der Waals surface area contributed by atoms with E-state index in [4.69, 9.17) is 16.3 Å². The van der Waals surface area contributed by atoms with Crippen LogP contribution in [0.3, 0.4) is 0 Å². The summed E-state index contributed by atoms with van der Waals surface area (Å²) in [5.41, 5.74) is 4.48. The number of ketones is 2. The van der Waals surface area contributed by atoms with Crippen molar-refractivity contribution in [1.82, 2.24) is 4.57 Å². The fraction of sp³-hybridized carbons (Fsp3) is 0.286. The Morgan fingerprint density at radius 1 is 0.848 bits per heavy atom. The molecular formula is C28H24ClNO3. The predicted molar refractivity (Wildman–Crippen MR) is 128 cm³/mol. The van der Waals surface area contributed by atoms with Gasteiger partial charge in [-0.15, -0.1) is 0 Å². The minimum Gasteiger partial charge on any atom is -0.465 e. The van der Waals surface area contributed by atoms with Crippen molar-refractivity contribution in [3.63, 3.8) is 0 Å². The summed E-state index contributed by atoms with van der Waals surface area (Å²) in [6.07, 6.45) is 6.23. The normalized spacial score (nSPS) is 19.1. The second kappa shape index (κ2) is 8.03. The molecule has 0 atom stereocenters. The minimum absolute atomic E-state index is 0.106. The van der Waals surface area contributed by atoms with Crippen molar-refractivity contribution >= 4 is 34.1 Å². The van der Waals surface area contributed by atoms with Gasteiger partial charge in [0.05, 0.1) is 0 Å². The van der Waals surface area contributed by atoms with Crippen molar-refractivity contribution in [3.05, 3.63) is 93.5 Å². The van der Waals surface area contributed by atoms with Crippen molar-refractivity contribution in [2.24, 2.45) is 0 Å². The van der Waals surface area contributed by atoms with Crippen LogP contribution in [0.15, 0.2) is 77.4 Å². The highest BCUT2D eigenvalue weighted by Gasteiger charge is 2.42. The standard InChI is InChI=1S/C28H24ClNO3/c29-20-9-3-1-7-17(20)15-30-16-19(18-8-2-4-10-21(18)30)26-27-22(31)11-5-13-24(27)33-25-14-6-12-23(32)28(25)26/h1-4,7-10,16,26H,5-6,11-15H2. The molecule has 3 aliphatic rings. The fourth-order valence-electron chi connectivity index (χ4n) is 5.57. The fourth-order valence-corrected chi connectivity index (χ4v) is 5.77. The molecule has 4 nitrogen and oxygen atoms in total. The molecule has 0 N–H and O–H groups in total. The van der Waals surface area contributed by atoms with E-state index < -0.39 is 0 Å². The molecule has 0 saturated carbocycles. The minimum atomic E-state index is -0.359. The molecule has 2 heterocycles. The Morgan fingerprint density at radius 2 is 1.48 bits per heavy atom. The maximum absolute atomic E-state index is 13.2. The van der Waals surface area contributed by atoms with E-state index in [1.54, 1.807) is 0 Å². The Morgan fingerprint density at radius 3 is 2.18 bits per heavy atom. The van der Waals surface area contributed by atoms with E-state index in [-0.39, 0.29) is 17.5 Å². The Kier molecular flexibility index (Phi) is 4.99. The maximum atomic E-state index is 13.2. The van der Waals surface area contributed by atoms with Gasteiger partial charge < -0.3 is 9.30 Å². The van der Waals surface area contributed by atoms with Crippen molar-refractivity contribution < 1.29 is 14.3 Å². The molecule has 0 saturated heterocycles. The number of Topliss-reactive ketones (excluding diaryl/α,β-unsaturated/α-hetero) is 2. The molecule has 0 bridgehead atoms. The molecule has 5 heteroatoms. The van der Waals surface area contributed by atoms with Gasteiger partial charge in [-0.05, 0) is 36.1 Å². The van der Waals surface area contributed by atoms with Crippen LogP contribution in [-0.2, 0) is 20.9 Å². The third-order valence-electron chi connectivity index (χ3n) is 7.07. The number of aromatic nitrogens is 1. The lowest BCUT2D eigenvalue weighted by atomic mass is 9.73.